The number of amides is 1. The number of carbonyl (C=O) groups is 1. The van der Waals surface area contributed by atoms with Crippen molar-refractivity contribution >= 4 is 11.7 Å². The van der Waals surface area contributed by atoms with Gasteiger partial charge in [0, 0.05) is 25.6 Å². The van der Waals surface area contributed by atoms with Crippen LogP contribution >= 0.6 is 0 Å². The van der Waals surface area contributed by atoms with Gasteiger partial charge in [-0.1, -0.05) is 13.3 Å². The molecule has 1 saturated heterocycles. The lowest BCUT2D eigenvalue weighted by atomic mass is 9.96. The van der Waals surface area contributed by atoms with E-state index in [1.54, 1.807) is 6.26 Å². The highest BCUT2D eigenvalue weighted by atomic mass is 16.3. The second-order valence-electron chi connectivity index (χ2n) is 6.16. The molecule has 128 valence electrons. The molecule has 6 heteroatoms. The van der Waals surface area contributed by atoms with Crippen LogP contribution in [0.5, 0.6) is 0 Å². The quantitative estimate of drug-likeness (QED) is 0.826. The monoisotopic (exact) mass is 328 g/mol. The Labute approximate surface area is 142 Å². The van der Waals surface area contributed by atoms with Gasteiger partial charge in [-0.15, -0.1) is 10.2 Å². The van der Waals surface area contributed by atoms with Crippen LogP contribution in [0.2, 0.25) is 0 Å². The molecular weight excluding hydrogens is 304 g/mol. The Morgan fingerprint density at radius 3 is 2.75 bits per heavy atom. The van der Waals surface area contributed by atoms with Gasteiger partial charge in [0.25, 0.3) is 0 Å². The fraction of sp³-hybridized carbons (Fsp3) is 0.500. The number of hydrogen-bond acceptors (Lipinski definition) is 5. The normalized spacial score (nSPS) is 15.5. The average Bonchev–Trinajstić information content (AvgIpc) is 3.17. The fourth-order valence-electron chi connectivity index (χ4n) is 2.95. The molecule has 0 aromatic carbocycles. The first-order valence-corrected chi connectivity index (χ1v) is 8.68. The molecule has 0 aliphatic carbocycles. The van der Waals surface area contributed by atoms with E-state index in [0.717, 1.165) is 62.6 Å². The lowest BCUT2D eigenvalue weighted by molar-refractivity contribution is -0.125. The minimum absolute atomic E-state index is 0.119. The summed E-state index contributed by atoms with van der Waals surface area (Å²) in [6.45, 7) is 4.58. The standard InChI is InChI=1S/C18H24N4O2/c1-2-3-10-19-18(23)14-8-11-22(12-9-14)17-7-6-15(20-21-17)16-5-4-13-24-16/h4-7,13-14H,2-3,8-12H2,1H3,(H,19,23). The van der Waals surface area contributed by atoms with Crippen molar-refractivity contribution in [1.82, 2.24) is 15.5 Å². The van der Waals surface area contributed by atoms with Crippen LogP contribution in [0.25, 0.3) is 11.5 Å². The number of hydrogen-bond donors (Lipinski definition) is 1. The Bertz CT molecular complexity index is 632. The number of rotatable bonds is 6. The zero-order valence-electron chi connectivity index (χ0n) is 14.1. The van der Waals surface area contributed by atoms with Crippen molar-refractivity contribution in [2.45, 2.75) is 32.6 Å². The van der Waals surface area contributed by atoms with Crippen molar-refractivity contribution in [2.75, 3.05) is 24.5 Å². The topological polar surface area (TPSA) is 71.3 Å². The minimum Gasteiger partial charge on any atom is -0.463 e. The van der Waals surface area contributed by atoms with Crippen molar-refractivity contribution in [1.29, 1.82) is 0 Å². The number of furan rings is 1. The predicted octanol–water partition coefficient (Wildman–Crippen LogP) is 2.87. The predicted molar refractivity (Wildman–Crippen MR) is 92.6 cm³/mol. The van der Waals surface area contributed by atoms with E-state index in [0.29, 0.717) is 0 Å². The van der Waals surface area contributed by atoms with Gasteiger partial charge in [-0.2, -0.15) is 0 Å². The van der Waals surface area contributed by atoms with Crippen LogP contribution in [0.4, 0.5) is 5.82 Å². The molecule has 1 N–H and O–H groups in total. The molecule has 24 heavy (non-hydrogen) atoms. The number of nitrogens with zero attached hydrogens (tertiary/aromatic N) is 3. The molecule has 1 fully saturated rings. The third kappa shape index (κ3) is 3.93. The molecular formula is C18H24N4O2. The molecule has 0 spiro atoms. The van der Waals surface area contributed by atoms with Gasteiger partial charge in [0.05, 0.1) is 6.26 Å². The third-order valence-corrected chi connectivity index (χ3v) is 4.44. The molecule has 1 aliphatic heterocycles. The van der Waals surface area contributed by atoms with Gasteiger partial charge in [0.15, 0.2) is 11.6 Å². The molecule has 0 atom stereocenters. The minimum atomic E-state index is 0.119. The molecule has 3 heterocycles. The molecule has 0 bridgehead atoms. The maximum atomic E-state index is 12.1. The smallest absolute Gasteiger partial charge is 0.223 e. The van der Waals surface area contributed by atoms with E-state index >= 15 is 0 Å². The molecule has 3 rings (SSSR count). The summed E-state index contributed by atoms with van der Waals surface area (Å²) in [5.41, 5.74) is 0.730. The summed E-state index contributed by atoms with van der Waals surface area (Å²) in [7, 11) is 0. The lowest BCUT2D eigenvalue weighted by Gasteiger charge is -2.31. The number of piperidine rings is 1. The number of carbonyl (C=O) groups excluding carboxylic acids is 1. The van der Waals surface area contributed by atoms with Crippen LogP contribution in [0, 0.1) is 5.92 Å². The van der Waals surface area contributed by atoms with Gasteiger partial charge in [0.1, 0.15) is 5.69 Å². The summed E-state index contributed by atoms with van der Waals surface area (Å²) in [4.78, 5) is 14.3. The number of anilines is 1. The molecule has 0 unspecified atom stereocenters. The van der Waals surface area contributed by atoms with E-state index in [4.69, 9.17) is 4.42 Å². The van der Waals surface area contributed by atoms with E-state index < -0.39 is 0 Å². The third-order valence-electron chi connectivity index (χ3n) is 4.44. The van der Waals surface area contributed by atoms with Gasteiger partial charge in [-0.3, -0.25) is 4.79 Å². The average molecular weight is 328 g/mol. The highest BCUT2D eigenvalue weighted by Gasteiger charge is 2.25. The van der Waals surface area contributed by atoms with Crippen LogP contribution in [-0.4, -0.2) is 35.7 Å². The summed E-state index contributed by atoms with van der Waals surface area (Å²) in [5, 5.41) is 11.6. The molecule has 1 aliphatic rings. The van der Waals surface area contributed by atoms with E-state index in [2.05, 4.69) is 27.3 Å². The first-order valence-electron chi connectivity index (χ1n) is 8.68. The summed E-state index contributed by atoms with van der Waals surface area (Å²) >= 11 is 0. The Hall–Kier alpha value is -2.37. The maximum Gasteiger partial charge on any atom is 0.223 e. The van der Waals surface area contributed by atoms with Gasteiger partial charge in [-0.05, 0) is 43.5 Å². The first kappa shape index (κ1) is 16.5. The highest BCUT2D eigenvalue weighted by molar-refractivity contribution is 5.78. The Kier molecular flexibility index (Phi) is 5.46. The van der Waals surface area contributed by atoms with Gasteiger partial charge in [-0.25, -0.2) is 0 Å². The summed E-state index contributed by atoms with van der Waals surface area (Å²) < 4.78 is 5.33. The van der Waals surface area contributed by atoms with Crippen molar-refractivity contribution in [2.24, 2.45) is 5.92 Å². The second-order valence-corrected chi connectivity index (χ2v) is 6.16. The van der Waals surface area contributed by atoms with Crippen LogP contribution in [0.15, 0.2) is 34.9 Å². The van der Waals surface area contributed by atoms with E-state index in [-0.39, 0.29) is 11.8 Å². The van der Waals surface area contributed by atoms with E-state index in [9.17, 15) is 4.79 Å². The van der Waals surface area contributed by atoms with Crippen LogP contribution < -0.4 is 10.2 Å². The van der Waals surface area contributed by atoms with Gasteiger partial charge < -0.3 is 14.6 Å². The molecule has 0 saturated carbocycles. The molecule has 6 nitrogen and oxygen atoms in total. The number of unbranched alkanes of at least 4 members (excludes halogenated alkanes) is 1. The van der Waals surface area contributed by atoms with Crippen molar-refractivity contribution in [3.8, 4) is 11.5 Å². The van der Waals surface area contributed by atoms with E-state index in [1.165, 1.54) is 0 Å². The Morgan fingerprint density at radius 2 is 2.12 bits per heavy atom. The van der Waals surface area contributed by atoms with Crippen LogP contribution in [0.1, 0.15) is 32.6 Å². The largest absolute Gasteiger partial charge is 0.463 e. The maximum absolute atomic E-state index is 12.1. The van der Waals surface area contributed by atoms with Crippen molar-refractivity contribution in [3.63, 3.8) is 0 Å². The summed E-state index contributed by atoms with van der Waals surface area (Å²) in [5.74, 6) is 1.89. The molecule has 0 radical (unpaired) electrons. The SMILES string of the molecule is CCCCNC(=O)C1CCN(c2ccc(-c3ccco3)nn2)CC1. The summed E-state index contributed by atoms with van der Waals surface area (Å²) in [6.07, 6.45) is 5.49. The first-order chi connectivity index (χ1) is 11.8. The van der Waals surface area contributed by atoms with E-state index in [1.807, 2.05) is 24.3 Å². The van der Waals surface area contributed by atoms with Crippen LogP contribution in [-0.2, 0) is 4.79 Å². The summed E-state index contributed by atoms with van der Waals surface area (Å²) in [6, 6.07) is 7.59. The zero-order chi connectivity index (χ0) is 16.8. The van der Waals surface area contributed by atoms with Gasteiger partial charge >= 0.3 is 0 Å². The zero-order valence-corrected chi connectivity index (χ0v) is 14.1. The second kappa shape index (κ2) is 7.95. The Balaban J connectivity index is 1.52. The molecule has 2 aromatic heterocycles. The van der Waals surface area contributed by atoms with Crippen molar-refractivity contribution < 1.29 is 9.21 Å². The van der Waals surface area contributed by atoms with Crippen LogP contribution in [0.3, 0.4) is 0 Å². The Morgan fingerprint density at radius 1 is 1.29 bits per heavy atom. The number of nitrogens with one attached hydrogen (secondary N) is 1. The highest BCUT2D eigenvalue weighted by Crippen LogP contribution is 2.23. The fourth-order valence-corrected chi connectivity index (χ4v) is 2.95. The van der Waals surface area contributed by atoms with Gasteiger partial charge in [0.2, 0.25) is 5.91 Å². The number of aromatic nitrogens is 2. The molecule has 2 aromatic rings. The van der Waals surface area contributed by atoms with Crippen molar-refractivity contribution in [3.05, 3.63) is 30.5 Å². The molecule has 1 amide bonds. The lowest BCUT2D eigenvalue weighted by Crippen LogP contribution is -2.41.